The maximum absolute atomic E-state index is 13.5. The Morgan fingerprint density at radius 2 is 2.00 bits per heavy atom. The Hall–Kier alpha value is -4.52. The lowest BCUT2D eigenvalue weighted by atomic mass is 10.1. The molecule has 0 fully saturated rings. The van der Waals surface area contributed by atoms with Crippen molar-refractivity contribution in [1.29, 1.82) is 5.26 Å². The van der Waals surface area contributed by atoms with Crippen LogP contribution in [0.3, 0.4) is 0 Å². The van der Waals surface area contributed by atoms with Gasteiger partial charge in [-0.05, 0) is 35.9 Å². The number of hydrogen-bond acceptors (Lipinski definition) is 5. The van der Waals surface area contributed by atoms with Gasteiger partial charge in [0.2, 0.25) is 11.8 Å². The summed E-state index contributed by atoms with van der Waals surface area (Å²) in [4.78, 5) is 42.6. The number of benzene rings is 2. The third-order valence-corrected chi connectivity index (χ3v) is 5.30. The first kappa shape index (κ1) is 21.7. The van der Waals surface area contributed by atoms with Crippen LogP contribution in [0, 0.1) is 17.1 Å². The Kier molecular flexibility index (Phi) is 5.87. The number of hydrogen-bond donors (Lipinski definition) is 2. The van der Waals surface area contributed by atoms with Crippen molar-refractivity contribution in [2.24, 2.45) is 5.73 Å². The fraction of sp³-hybridized carbons (Fsp3) is 0.174. The van der Waals surface area contributed by atoms with Gasteiger partial charge in [-0.3, -0.25) is 14.4 Å². The molecule has 0 saturated carbocycles. The second-order valence-electron chi connectivity index (χ2n) is 7.55. The predicted molar refractivity (Wildman–Crippen MR) is 115 cm³/mol. The van der Waals surface area contributed by atoms with Crippen molar-refractivity contribution >= 4 is 23.4 Å². The van der Waals surface area contributed by atoms with Crippen LogP contribution in [0.15, 0.2) is 48.7 Å². The van der Waals surface area contributed by atoms with Crippen LogP contribution in [0.2, 0.25) is 0 Å². The Morgan fingerprint density at radius 3 is 2.76 bits per heavy atom. The van der Waals surface area contributed by atoms with Gasteiger partial charge < -0.3 is 20.5 Å². The van der Waals surface area contributed by atoms with Gasteiger partial charge in [0.1, 0.15) is 23.4 Å². The Labute approximate surface area is 188 Å². The van der Waals surface area contributed by atoms with Crippen LogP contribution in [0.4, 0.5) is 10.1 Å². The molecule has 3 amide bonds. The van der Waals surface area contributed by atoms with Crippen molar-refractivity contribution in [2.75, 3.05) is 11.9 Å². The summed E-state index contributed by atoms with van der Waals surface area (Å²) in [6.07, 6.45) is 1.64. The molecular formula is C23H19FN6O3. The van der Waals surface area contributed by atoms with Gasteiger partial charge in [-0.25, -0.2) is 9.37 Å². The van der Waals surface area contributed by atoms with Crippen molar-refractivity contribution in [1.82, 2.24) is 14.5 Å². The number of nitrogens with one attached hydrogen (secondary N) is 1. The van der Waals surface area contributed by atoms with Crippen LogP contribution in [-0.2, 0) is 24.3 Å². The number of nitriles is 1. The minimum atomic E-state index is -0.624. The van der Waals surface area contributed by atoms with Crippen molar-refractivity contribution in [3.05, 3.63) is 82.7 Å². The van der Waals surface area contributed by atoms with Crippen LogP contribution in [-0.4, -0.2) is 38.7 Å². The molecule has 1 aliphatic rings. The minimum absolute atomic E-state index is 0.0270. The normalized spacial score (nSPS) is 12.5. The summed E-state index contributed by atoms with van der Waals surface area (Å²) in [6, 6.07) is 12.1. The van der Waals surface area contributed by atoms with E-state index in [1.165, 1.54) is 24.3 Å². The maximum atomic E-state index is 13.5. The molecular weight excluding hydrogens is 427 g/mol. The molecule has 0 bridgehead atoms. The summed E-state index contributed by atoms with van der Waals surface area (Å²) in [5.74, 6) is -1.30. The second kappa shape index (κ2) is 8.92. The zero-order valence-electron chi connectivity index (χ0n) is 17.4. The molecule has 0 atom stereocenters. The number of aromatic nitrogens is 2. The van der Waals surface area contributed by atoms with E-state index in [1.807, 2.05) is 4.57 Å². The highest BCUT2D eigenvalue weighted by Crippen LogP contribution is 2.17. The number of primary amides is 1. The van der Waals surface area contributed by atoms with Gasteiger partial charge in [0.15, 0.2) is 0 Å². The summed E-state index contributed by atoms with van der Waals surface area (Å²) in [6.45, 7) is 1.11. The number of rotatable bonds is 5. The molecule has 166 valence electrons. The predicted octanol–water partition coefficient (Wildman–Crippen LogP) is 1.83. The summed E-state index contributed by atoms with van der Waals surface area (Å²) in [5.41, 5.74) is 6.57. The molecule has 1 aliphatic heterocycles. The highest BCUT2D eigenvalue weighted by molar-refractivity contribution is 6.03. The molecule has 9 nitrogen and oxygen atoms in total. The number of amides is 3. The van der Waals surface area contributed by atoms with E-state index in [0.29, 0.717) is 30.2 Å². The fourth-order valence-corrected chi connectivity index (χ4v) is 3.57. The summed E-state index contributed by atoms with van der Waals surface area (Å²) in [5, 5.41) is 11.6. The van der Waals surface area contributed by atoms with Gasteiger partial charge in [0, 0.05) is 30.5 Å². The van der Waals surface area contributed by atoms with E-state index in [2.05, 4.69) is 10.3 Å². The quantitative estimate of drug-likeness (QED) is 0.617. The molecule has 0 radical (unpaired) electrons. The van der Waals surface area contributed by atoms with Crippen LogP contribution in [0.5, 0.6) is 0 Å². The van der Waals surface area contributed by atoms with E-state index < -0.39 is 17.6 Å². The number of carbonyl (C=O) groups is 3. The minimum Gasteiger partial charge on any atom is -0.366 e. The highest BCUT2D eigenvalue weighted by atomic mass is 19.1. The van der Waals surface area contributed by atoms with Crippen molar-refractivity contribution in [3.63, 3.8) is 0 Å². The van der Waals surface area contributed by atoms with Gasteiger partial charge >= 0.3 is 0 Å². The Morgan fingerprint density at radius 1 is 1.18 bits per heavy atom. The van der Waals surface area contributed by atoms with E-state index in [0.717, 1.165) is 0 Å². The molecule has 4 rings (SSSR count). The van der Waals surface area contributed by atoms with E-state index in [9.17, 15) is 18.8 Å². The number of halogens is 1. The third-order valence-electron chi connectivity index (χ3n) is 5.30. The van der Waals surface area contributed by atoms with Crippen LogP contribution >= 0.6 is 0 Å². The molecule has 0 unspecified atom stereocenters. The number of imidazole rings is 1. The zero-order valence-corrected chi connectivity index (χ0v) is 17.4. The van der Waals surface area contributed by atoms with Crippen LogP contribution < -0.4 is 11.1 Å². The van der Waals surface area contributed by atoms with Gasteiger partial charge in [-0.15, -0.1) is 0 Å². The zero-order chi connectivity index (χ0) is 23.5. The first-order valence-corrected chi connectivity index (χ1v) is 10.1. The number of nitrogens with zero attached hydrogens (tertiary/aromatic N) is 4. The van der Waals surface area contributed by atoms with Gasteiger partial charge in [-0.1, -0.05) is 12.1 Å². The lowest BCUT2D eigenvalue weighted by molar-refractivity contribution is -0.132. The fourth-order valence-electron chi connectivity index (χ4n) is 3.57. The van der Waals surface area contributed by atoms with Crippen molar-refractivity contribution in [2.45, 2.75) is 19.5 Å². The first-order chi connectivity index (χ1) is 15.8. The Balaban J connectivity index is 1.43. The van der Waals surface area contributed by atoms with Crippen LogP contribution in [0.1, 0.15) is 37.8 Å². The van der Waals surface area contributed by atoms with Crippen molar-refractivity contribution in [3.8, 4) is 6.07 Å². The molecule has 1 aromatic heterocycles. The molecule has 0 spiro atoms. The highest BCUT2D eigenvalue weighted by Gasteiger charge is 2.24. The molecule has 3 N–H and O–H groups in total. The van der Waals surface area contributed by atoms with Crippen molar-refractivity contribution < 1.29 is 18.8 Å². The topological polar surface area (TPSA) is 134 Å². The van der Waals surface area contributed by atoms with E-state index in [4.69, 9.17) is 11.0 Å². The second-order valence-corrected chi connectivity index (χ2v) is 7.55. The van der Waals surface area contributed by atoms with E-state index >= 15 is 0 Å². The summed E-state index contributed by atoms with van der Waals surface area (Å²) < 4.78 is 15.3. The number of fused-ring (bicyclic) bond motifs is 1. The number of carbonyl (C=O) groups excluding carboxylic acids is 3. The largest absolute Gasteiger partial charge is 0.366 e. The molecule has 2 aromatic carbocycles. The standard InChI is InChI=1S/C23H19FN6O3/c24-18-5-4-14(8-16(18)11-25)9-21(31)30-7-6-29-12-19(28-20(29)13-30)23(33)27-17-3-1-2-15(10-17)22(26)32/h1-5,8,10,12H,6-7,9,13H2,(H2,26,32)(H,27,33). The maximum Gasteiger partial charge on any atom is 0.275 e. The lowest BCUT2D eigenvalue weighted by Crippen LogP contribution is -2.39. The molecule has 0 aliphatic carbocycles. The molecule has 10 heteroatoms. The smallest absolute Gasteiger partial charge is 0.275 e. The molecule has 0 saturated heterocycles. The molecule has 2 heterocycles. The average Bonchev–Trinajstić information content (AvgIpc) is 3.24. The number of anilines is 1. The molecule has 33 heavy (non-hydrogen) atoms. The van der Waals surface area contributed by atoms with E-state index in [-0.39, 0.29) is 35.7 Å². The van der Waals surface area contributed by atoms with E-state index in [1.54, 1.807) is 35.4 Å². The monoisotopic (exact) mass is 446 g/mol. The lowest BCUT2D eigenvalue weighted by Gasteiger charge is -2.27. The van der Waals surface area contributed by atoms with Crippen LogP contribution in [0.25, 0.3) is 0 Å². The SMILES string of the molecule is N#Cc1cc(CC(=O)N2CCn3cc(C(=O)Nc4cccc(C(N)=O)c4)nc3C2)ccc1F. The summed E-state index contributed by atoms with van der Waals surface area (Å²) >= 11 is 0. The third kappa shape index (κ3) is 4.72. The Bertz CT molecular complexity index is 1310. The van der Waals surface area contributed by atoms with Gasteiger partial charge in [0.05, 0.1) is 18.5 Å². The van der Waals surface area contributed by atoms with Gasteiger partial charge in [0.25, 0.3) is 5.91 Å². The first-order valence-electron chi connectivity index (χ1n) is 10.1. The molecule has 3 aromatic rings. The summed E-state index contributed by atoms with van der Waals surface area (Å²) in [7, 11) is 0. The average molecular weight is 446 g/mol. The van der Waals surface area contributed by atoms with Gasteiger partial charge in [-0.2, -0.15) is 5.26 Å². The number of nitrogens with two attached hydrogens (primary N) is 1.